The molecule has 0 spiro atoms. The van der Waals surface area contributed by atoms with E-state index in [0.717, 1.165) is 19.3 Å². The van der Waals surface area contributed by atoms with Crippen molar-refractivity contribution < 1.29 is 5.11 Å². The van der Waals surface area contributed by atoms with Crippen molar-refractivity contribution in [2.45, 2.75) is 19.3 Å². The summed E-state index contributed by atoms with van der Waals surface area (Å²) in [4.78, 5) is 16.2. The van der Waals surface area contributed by atoms with Crippen molar-refractivity contribution >= 4 is 11.9 Å². The van der Waals surface area contributed by atoms with Gasteiger partial charge in [-0.1, -0.05) is 6.42 Å². The molecule has 0 saturated heterocycles. The molecule has 1 saturated carbocycles. The van der Waals surface area contributed by atoms with Crippen LogP contribution in [0, 0.1) is 11.8 Å². The third kappa shape index (κ3) is 3.07. The van der Waals surface area contributed by atoms with E-state index in [9.17, 15) is 5.11 Å². The molecule has 1 aliphatic rings. The molecule has 2 atom stereocenters. The Hall–Kier alpha value is -2.29. The van der Waals surface area contributed by atoms with E-state index in [1.54, 1.807) is 0 Å². The lowest BCUT2D eigenvalue weighted by molar-refractivity contribution is 0.199. The lowest BCUT2D eigenvalue weighted by Gasteiger charge is -2.17. The maximum absolute atomic E-state index is 9.34. The molecule has 0 radical (unpaired) electrons. The van der Waals surface area contributed by atoms with Gasteiger partial charge < -0.3 is 16.2 Å². The SMILES string of the molecule is Nc1nc(NCC2CCCC2CO)nc(-n2cncn2)n1. The molecule has 2 aromatic heterocycles. The van der Waals surface area contributed by atoms with Gasteiger partial charge in [-0.15, -0.1) is 0 Å². The zero-order valence-electron chi connectivity index (χ0n) is 11.6. The molecule has 112 valence electrons. The first-order chi connectivity index (χ1) is 10.3. The fourth-order valence-corrected chi connectivity index (χ4v) is 2.72. The van der Waals surface area contributed by atoms with Crippen molar-refractivity contribution in [1.82, 2.24) is 29.7 Å². The van der Waals surface area contributed by atoms with Crippen molar-refractivity contribution in [3.8, 4) is 5.95 Å². The highest BCUT2D eigenvalue weighted by molar-refractivity contribution is 5.34. The van der Waals surface area contributed by atoms with Crippen molar-refractivity contribution in [3.05, 3.63) is 12.7 Å². The van der Waals surface area contributed by atoms with Gasteiger partial charge in [-0.05, 0) is 24.7 Å². The number of nitrogens with one attached hydrogen (secondary N) is 1. The Morgan fingerprint density at radius 3 is 2.90 bits per heavy atom. The first kappa shape index (κ1) is 13.7. The molecule has 9 heteroatoms. The summed E-state index contributed by atoms with van der Waals surface area (Å²) in [7, 11) is 0. The van der Waals surface area contributed by atoms with Gasteiger partial charge in [-0.25, -0.2) is 4.98 Å². The van der Waals surface area contributed by atoms with Crippen LogP contribution in [0.15, 0.2) is 12.7 Å². The first-order valence-electron chi connectivity index (χ1n) is 6.97. The Bertz CT molecular complexity index is 587. The highest BCUT2D eigenvalue weighted by Crippen LogP contribution is 2.31. The summed E-state index contributed by atoms with van der Waals surface area (Å²) in [5.74, 6) is 1.65. The van der Waals surface area contributed by atoms with Crippen LogP contribution in [0.3, 0.4) is 0 Å². The zero-order chi connectivity index (χ0) is 14.7. The van der Waals surface area contributed by atoms with E-state index in [1.807, 2.05) is 0 Å². The molecule has 2 aromatic rings. The van der Waals surface area contributed by atoms with Crippen LogP contribution in [0.1, 0.15) is 19.3 Å². The van der Waals surface area contributed by atoms with Gasteiger partial charge in [0.1, 0.15) is 12.7 Å². The molecule has 9 nitrogen and oxygen atoms in total. The second-order valence-electron chi connectivity index (χ2n) is 5.17. The quantitative estimate of drug-likeness (QED) is 0.694. The van der Waals surface area contributed by atoms with Crippen LogP contribution >= 0.6 is 0 Å². The molecule has 1 fully saturated rings. The number of aromatic nitrogens is 6. The Morgan fingerprint density at radius 1 is 1.29 bits per heavy atom. The largest absolute Gasteiger partial charge is 0.396 e. The summed E-state index contributed by atoms with van der Waals surface area (Å²) in [5, 5.41) is 16.5. The van der Waals surface area contributed by atoms with Gasteiger partial charge >= 0.3 is 0 Å². The van der Waals surface area contributed by atoms with Crippen LogP contribution in [0.4, 0.5) is 11.9 Å². The summed E-state index contributed by atoms with van der Waals surface area (Å²) in [6, 6.07) is 0. The lowest BCUT2D eigenvalue weighted by Crippen LogP contribution is -2.22. The molecule has 0 bridgehead atoms. The second kappa shape index (κ2) is 6.00. The topological polar surface area (TPSA) is 128 Å². The number of anilines is 2. The van der Waals surface area contributed by atoms with Crippen molar-refractivity contribution in [2.24, 2.45) is 11.8 Å². The number of nitrogen functional groups attached to an aromatic ring is 1. The van der Waals surface area contributed by atoms with E-state index in [2.05, 4.69) is 30.4 Å². The molecule has 1 aliphatic carbocycles. The van der Waals surface area contributed by atoms with Crippen LogP contribution in [-0.4, -0.2) is 48.0 Å². The van der Waals surface area contributed by atoms with Crippen LogP contribution in [0.25, 0.3) is 5.95 Å². The lowest BCUT2D eigenvalue weighted by atomic mass is 9.97. The number of hydrogen-bond acceptors (Lipinski definition) is 8. The molecule has 0 amide bonds. The van der Waals surface area contributed by atoms with E-state index >= 15 is 0 Å². The molecule has 0 aromatic carbocycles. The predicted molar refractivity (Wildman–Crippen MR) is 75.6 cm³/mol. The van der Waals surface area contributed by atoms with Gasteiger partial charge in [0, 0.05) is 13.2 Å². The average molecular weight is 290 g/mol. The zero-order valence-corrected chi connectivity index (χ0v) is 11.6. The number of rotatable bonds is 5. The van der Waals surface area contributed by atoms with Crippen molar-refractivity contribution in [1.29, 1.82) is 0 Å². The van der Waals surface area contributed by atoms with Gasteiger partial charge in [0.25, 0.3) is 5.95 Å². The van der Waals surface area contributed by atoms with E-state index in [4.69, 9.17) is 5.73 Å². The van der Waals surface area contributed by atoms with Gasteiger partial charge in [-0.3, -0.25) is 0 Å². The molecular weight excluding hydrogens is 272 g/mol. The minimum absolute atomic E-state index is 0.128. The van der Waals surface area contributed by atoms with E-state index in [0.29, 0.717) is 30.3 Å². The smallest absolute Gasteiger partial charge is 0.258 e. The number of nitrogens with two attached hydrogens (primary N) is 1. The summed E-state index contributed by atoms with van der Waals surface area (Å²) < 4.78 is 1.43. The summed E-state index contributed by atoms with van der Waals surface area (Å²) in [5.41, 5.74) is 5.70. The van der Waals surface area contributed by atoms with E-state index in [-0.39, 0.29) is 12.6 Å². The van der Waals surface area contributed by atoms with Crippen LogP contribution in [-0.2, 0) is 0 Å². The Labute approximate surface area is 121 Å². The highest BCUT2D eigenvalue weighted by Gasteiger charge is 2.26. The van der Waals surface area contributed by atoms with Crippen LogP contribution in [0.5, 0.6) is 0 Å². The average Bonchev–Trinajstić information content (AvgIpc) is 3.15. The van der Waals surface area contributed by atoms with Gasteiger partial charge in [0.05, 0.1) is 0 Å². The van der Waals surface area contributed by atoms with E-state index in [1.165, 1.54) is 17.3 Å². The normalized spacial score (nSPS) is 21.6. The number of aliphatic hydroxyl groups excluding tert-OH is 1. The minimum atomic E-state index is 0.128. The summed E-state index contributed by atoms with van der Waals surface area (Å²) >= 11 is 0. The third-order valence-electron chi connectivity index (χ3n) is 3.84. The van der Waals surface area contributed by atoms with Gasteiger partial charge in [0.15, 0.2) is 0 Å². The predicted octanol–water partition coefficient (Wildman–Crippen LogP) is -0.145. The van der Waals surface area contributed by atoms with Gasteiger partial charge in [-0.2, -0.15) is 24.7 Å². The van der Waals surface area contributed by atoms with Crippen LogP contribution < -0.4 is 11.1 Å². The molecule has 0 aliphatic heterocycles. The molecule has 4 N–H and O–H groups in total. The summed E-state index contributed by atoms with van der Waals surface area (Å²) in [6.45, 7) is 0.946. The monoisotopic (exact) mass is 290 g/mol. The Morgan fingerprint density at radius 2 is 2.14 bits per heavy atom. The maximum atomic E-state index is 9.34. The molecule has 2 unspecified atom stereocenters. The van der Waals surface area contributed by atoms with E-state index < -0.39 is 0 Å². The van der Waals surface area contributed by atoms with Crippen molar-refractivity contribution in [3.63, 3.8) is 0 Å². The van der Waals surface area contributed by atoms with Crippen LogP contribution in [0.2, 0.25) is 0 Å². The Balaban J connectivity index is 1.71. The van der Waals surface area contributed by atoms with Gasteiger partial charge in [0.2, 0.25) is 11.9 Å². The molecular formula is C12H18N8O. The fraction of sp³-hybridized carbons (Fsp3) is 0.583. The second-order valence-corrected chi connectivity index (χ2v) is 5.17. The maximum Gasteiger partial charge on any atom is 0.258 e. The molecule has 21 heavy (non-hydrogen) atoms. The molecule has 2 heterocycles. The fourth-order valence-electron chi connectivity index (χ4n) is 2.72. The first-order valence-corrected chi connectivity index (χ1v) is 6.97. The minimum Gasteiger partial charge on any atom is -0.396 e. The Kier molecular flexibility index (Phi) is 3.91. The van der Waals surface area contributed by atoms with Crippen molar-refractivity contribution in [2.75, 3.05) is 24.2 Å². The highest BCUT2D eigenvalue weighted by atomic mass is 16.3. The number of hydrogen-bond donors (Lipinski definition) is 3. The standard InChI is InChI=1S/C12H18N8O/c13-10-17-11(15-4-8-2-1-3-9(8)5-21)19-12(18-10)20-7-14-6-16-20/h6-9,21H,1-5H2,(H3,13,15,17,18,19). The summed E-state index contributed by atoms with van der Waals surface area (Å²) in [6.07, 6.45) is 6.23. The number of aliphatic hydroxyl groups is 1. The third-order valence-corrected chi connectivity index (χ3v) is 3.84. The number of nitrogens with zero attached hydrogens (tertiary/aromatic N) is 6. The molecule has 3 rings (SSSR count).